The van der Waals surface area contributed by atoms with E-state index in [0.717, 1.165) is 10.4 Å². The van der Waals surface area contributed by atoms with E-state index in [1.807, 2.05) is 0 Å². The van der Waals surface area contributed by atoms with Crippen molar-refractivity contribution in [2.75, 3.05) is 19.8 Å². The summed E-state index contributed by atoms with van der Waals surface area (Å²) in [5, 5.41) is 0. The van der Waals surface area contributed by atoms with Gasteiger partial charge in [0.25, 0.3) is 0 Å². The number of rotatable bonds is 2. The molecule has 0 bridgehead atoms. The van der Waals surface area contributed by atoms with Gasteiger partial charge < -0.3 is 10.5 Å². The van der Waals surface area contributed by atoms with Crippen LogP contribution in [-0.4, -0.2) is 38.6 Å². The molecule has 1 fully saturated rings. The van der Waals surface area contributed by atoms with E-state index in [2.05, 4.69) is 0 Å². The molecule has 100 valence electrons. The molecule has 18 heavy (non-hydrogen) atoms. The van der Waals surface area contributed by atoms with Crippen molar-refractivity contribution < 1.29 is 17.5 Å². The van der Waals surface area contributed by atoms with E-state index in [1.54, 1.807) is 6.92 Å². The van der Waals surface area contributed by atoms with Crippen molar-refractivity contribution >= 4 is 10.0 Å². The Hall–Kier alpha value is -1.02. The summed E-state index contributed by atoms with van der Waals surface area (Å²) in [6.45, 7) is 2.24. The first-order chi connectivity index (χ1) is 8.43. The van der Waals surface area contributed by atoms with Crippen molar-refractivity contribution in [3.8, 4) is 0 Å². The molecule has 1 aliphatic rings. The third-order valence-corrected chi connectivity index (χ3v) is 4.92. The second kappa shape index (κ2) is 4.93. The predicted molar refractivity (Wildman–Crippen MR) is 63.8 cm³/mol. The molecule has 1 aromatic carbocycles. The van der Waals surface area contributed by atoms with E-state index in [-0.39, 0.29) is 18.0 Å². The van der Waals surface area contributed by atoms with Crippen molar-refractivity contribution in [2.45, 2.75) is 18.0 Å². The van der Waals surface area contributed by atoms with Crippen molar-refractivity contribution in [1.82, 2.24) is 4.31 Å². The fourth-order valence-electron chi connectivity index (χ4n) is 1.88. The van der Waals surface area contributed by atoms with Gasteiger partial charge in [-0.15, -0.1) is 0 Å². The lowest BCUT2D eigenvalue weighted by molar-refractivity contribution is 0.0350. The lowest BCUT2D eigenvalue weighted by atomic mass is 10.2. The number of hydrogen-bond donors (Lipinski definition) is 1. The van der Waals surface area contributed by atoms with Gasteiger partial charge in [-0.05, 0) is 24.6 Å². The van der Waals surface area contributed by atoms with E-state index in [4.69, 9.17) is 10.5 Å². The maximum atomic E-state index is 13.2. The lowest BCUT2D eigenvalue weighted by Gasteiger charge is -2.32. The first-order valence-corrected chi connectivity index (χ1v) is 6.98. The number of benzene rings is 1. The van der Waals surface area contributed by atoms with Crippen LogP contribution < -0.4 is 5.73 Å². The Kier molecular flexibility index (Phi) is 3.67. The average molecular weight is 274 g/mol. The molecule has 5 nitrogen and oxygen atoms in total. The second-order valence-corrected chi connectivity index (χ2v) is 6.03. The lowest BCUT2D eigenvalue weighted by Crippen LogP contribution is -2.53. The molecule has 1 heterocycles. The summed E-state index contributed by atoms with van der Waals surface area (Å²) in [5.74, 6) is -0.582. The third-order valence-electron chi connectivity index (χ3n) is 2.85. The summed E-state index contributed by atoms with van der Waals surface area (Å²) in [7, 11) is -3.78. The fourth-order valence-corrected chi connectivity index (χ4v) is 3.61. The molecule has 0 aliphatic carbocycles. The topological polar surface area (TPSA) is 72.6 Å². The Morgan fingerprint density at radius 3 is 2.89 bits per heavy atom. The minimum Gasteiger partial charge on any atom is -0.377 e. The van der Waals surface area contributed by atoms with Gasteiger partial charge >= 0.3 is 0 Å². The molecular weight excluding hydrogens is 259 g/mol. The van der Waals surface area contributed by atoms with Crippen LogP contribution in [-0.2, 0) is 14.8 Å². The first-order valence-electron chi connectivity index (χ1n) is 5.54. The van der Waals surface area contributed by atoms with Crippen molar-refractivity contribution in [2.24, 2.45) is 5.73 Å². The molecule has 0 aromatic heterocycles. The minimum absolute atomic E-state index is 0.0418. The highest BCUT2D eigenvalue weighted by Gasteiger charge is 2.33. The standard InChI is InChI=1S/C11H15FN2O3S/c1-8-2-3-9(12)6-10(8)18(15,16)14-4-5-17-7-11(14)13/h2-3,6,11H,4-5,7,13H2,1H3. The van der Waals surface area contributed by atoms with Crippen LogP contribution in [0.3, 0.4) is 0 Å². The van der Waals surface area contributed by atoms with Crippen LogP contribution in [0, 0.1) is 12.7 Å². The largest absolute Gasteiger partial charge is 0.377 e. The van der Waals surface area contributed by atoms with E-state index in [0.29, 0.717) is 12.2 Å². The van der Waals surface area contributed by atoms with Gasteiger partial charge in [0.15, 0.2) is 0 Å². The maximum absolute atomic E-state index is 13.2. The molecular formula is C11H15FN2O3S. The normalized spacial score (nSPS) is 22.1. The monoisotopic (exact) mass is 274 g/mol. The SMILES string of the molecule is Cc1ccc(F)cc1S(=O)(=O)N1CCOCC1N. The van der Waals surface area contributed by atoms with Gasteiger partial charge in [0.1, 0.15) is 5.82 Å². The number of nitrogens with zero attached hydrogens (tertiary/aromatic N) is 1. The Labute approximate surface area is 105 Å². The zero-order valence-corrected chi connectivity index (χ0v) is 10.8. The maximum Gasteiger partial charge on any atom is 0.244 e. The predicted octanol–water partition coefficient (Wildman–Crippen LogP) is 0.440. The Morgan fingerprint density at radius 2 is 2.22 bits per heavy atom. The van der Waals surface area contributed by atoms with Crippen LogP contribution in [0.15, 0.2) is 23.1 Å². The minimum atomic E-state index is -3.78. The number of morpholine rings is 1. The van der Waals surface area contributed by atoms with Gasteiger partial charge in [0, 0.05) is 6.54 Å². The van der Waals surface area contributed by atoms with E-state index in [9.17, 15) is 12.8 Å². The molecule has 0 amide bonds. The van der Waals surface area contributed by atoms with Crippen LogP contribution in [0.25, 0.3) is 0 Å². The summed E-state index contributed by atoms with van der Waals surface area (Å²) in [6.07, 6.45) is -0.730. The molecule has 7 heteroatoms. The number of nitrogens with two attached hydrogens (primary N) is 1. The molecule has 2 N–H and O–H groups in total. The van der Waals surface area contributed by atoms with Crippen LogP contribution in [0.2, 0.25) is 0 Å². The van der Waals surface area contributed by atoms with Gasteiger partial charge in [-0.25, -0.2) is 12.8 Å². The summed E-state index contributed by atoms with van der Waals surface area (Å²) in [6, 6.07) is 3.69. The number of halogens is 1. The third kappa shape index (κ3) is 2.39. The zero-order valence-electron chi connectivity index (χ0n) is 9.97. The Morgan fingerprint density at radius 1 is 1.50 bits per heavy atom. The van der Waals surface area contributed by atoms with Gasteiger partial charge in [-0.2, -0.15) is 4.31 Å². The molecule has 1 aromatic rings. The molecule has 1 unspecified atom stereocenters. The van der Waals surface area contributed by atoms with Crippen molar-refractivity contribution in [3.05, 3.63) is 29.6 Å². The number of ether oxygens (including phenoxy) is 1. The summed E-state index contributed by atoms with van der Waals surface area (Å²) in [5.41, 5.74) is 6.21. The summed E-state index contributed by atoms with van der Waals surface area (Å²) in [4.78, 5) is -0.0418. The van der Waals surface area contributed by atoms with Crippen LogP contribution in [0.5, 0.6) is 0 Å². The molecule has 0 radical (unpaired) electrons. The molecule has 0 spiro atoms. The van der Waals surface area contributed by atoms with Gasteiger partial charge in [0.05, 0.1) is 24.3 Å². The highest BCUT2D eigenvalue weighted by molar-refractivity contribution is 7.89. The van der Waals surface area contributed by atoms with E-state index < -0.39 is 22.0 Å². The molecule has 1 aliphatic heterocycles. The molecule has 1 atom stereocenters. The van der Waals surface area contributed by atoms with E-state index >= 15 is 0 Å². The second-order valence-electron chi connectivity index (χ2n) is 4.17. The number of hydrogen-bond acceptors (Lipinski definition) is 4. The molecule has 1 saturated heterocycles. The van der Waals surface area contributed by atoms with Crippen LogP contribution in [0.4, 0.5) is 4.39 Å². The zero-order chi connectivity index (χ0) is 13.3. The van der Waals surface area contributed by atoms with Gasteiger partial charge in [-0.1, -0.05) is 6.07 Å². The fraction of sp³-hybridized carbons (Fsp3) is 0.455. The van der Waals surface area contributed by atoms with Crippen molar-refractivity contribution in [3.63, 3.8) is 0 Å². The van der Waals surface area contributed by atoms with Crippen molar-refractivity contribution in [1.29, 1.82) is 0 Å². The quantitative estimate of drug-likeness (QED) is 0.849. The summed E-state index contributed by atoms with van der Waals surface area (Å²) < 4.78 is 44.2. The van der Waals surface area contributed by atoms with Crippen LogP contribution >= 0.6 is 0 Å². The number of aryl methyl sites for hydroxylation is 1. The highest BCUT2D eigenvalue weighted by Crippen LogP contribution is 2.22. The smallest absolute Gasteiger partial charge is 0.244 e. The highest BCUT2D eigenvalue weighted by atomic mass is 32.2. The van der Waals surface area contributed by atoms with E-state index in [1.165, 1.54) is 12.1 Å². The molecule has 2 rings (SSSR count). The van der Waals surface area contributed by atoms with Gasteiger partial charge in [0.2, 0.25) is 10.0 Å². The van der Waals surface area contributed by atoms with Gasteiger partial charge in [-0.3, -0.25) is 0 Å². The average Bonchev–Trinajstić information content (AvgIpc) is 2.32. The Balaban J connectivity index is 2.44. The summed E-state index contributed by atoms with van der Waals surface area (Å²) >= 11 is 0. The Bertz CT molecular complexity index is 547. The van der Waals surface area contributed by atoms with Crippen LogP contribution in [0.1, 0.15) is 5.56 Å². The number of sulfonamides is 1. The first kappa shape index (κ1) is 13.4. The molecule has 0 saturated carbocycles.